The summed E-state index contributed by atoms with van der Waals surface area (Å²) in [6, 6.07) is 0. The molecule has 1 aliphatic rings. The largest absolute Gasteiger partial charge is 2.00 e. The van der Waals surface area contributed by atoms with Gasteiger partial charge in [-0.05, 0) is 13.1 Å². The topological polar surface area (TPSA) is 48.2 Å². The van der Waals surface area contributed by atoms with Gasteiger partial charge in [-0.3, -0.25) is 0 Å². The third-order valence-corrected chi connectivity index (χ3v) is 0.674. The molecule has 0 spiro atoms. The van der Waals surface area contributed by atoms with Crippen LogP contribution in [0, 0.1) is 38.5 Å². The second kappa shape index (κ2) is 5.46. The van der Waals surface area contributed by atoms with Crippen LogP contribution in [0.1, 0.15) is 0 Å². The van der Waals surface area contributed by atoms with Crippen molar-refractivity contribution in [3.8, 4) is 0 Å². The van der Waals surface area contributed by atoms with Crippen LogP contribution in [-0.4, -0.2) is 19.0 Å². The Kier molecular flexibility index (Phi) is 7.62. The molecule has 0 atom stereocenters. The maximum atomic E-state index is 6.77. The van der Waals surface area contributed by atoms with Crippen LogP contribution in [-0.2, 0) is 0 Å². The van der Waals surface area contributed by atoms with E-state index in [0.717, 1.165) is 13.1 Å². The molecule has 1 rings (SSSR count). The Balaban J connectivity index is 0. The first-order valence-electron chi connectivity index (χ1n) is 1.89. The van der Waals surface area contributed by atoms with Crippen LogP contribution in [0.4, 0.5) is 0 Å². The summed E-state index contributed by atoms with van der Waals surface area (Å²) in [5, 5.41) is 2.74. The molecule has 1 aliphatic heterocycles. The van der Waals surface area contributed by atoms with Crippen molar-refractivity contribution in [2.24, 2.45) is 4.99 Å². The Morgan fingerprint density at radius 2 is 2.25 bits per heavy atom. The summed E-state index contributed by atoms with van der Waals surface area (Å²) in [6.45, 7) is 1.62. The smallest absolute Gasteiger partial charge is 0.440 e. The Hall–Kier alpha value is 0.322. The van der Waals surface area contributed by atoms with E-state index in [0.29, 0.717) is 5.96 Å². The van der Waals surface area contributed by atoms with Gasteiger partial charge in [0.1, 0.15) is 0 Å². The number of guanidine groups is 1. The van der Waals surface area contributed by atoms with Gasteiger partial charge in [-0.2, -0.15) is 0 Å². The van der Waals surface area contributed by atoms with Crippen molar-refractivity contribution in [2.75, 3.05) is 13.1 Å². The Bertz CT molecular complexity index is 81.4. The summed E-state index contributed by atoms with van der Waals surface area (Å²) >= 11 is 0. The quantitative estimate of drug-likeness (QED) is 0.641. The molecule has 0 aromatic rings. The van der Waals surface area contributed by atoms with Crippen molar-refractivity contribution in [1.82, 2.24) is 5.32 Å². The third kappa shape index (κ3) is 3.34. The molecule has 44 valence electrons. The van der Waals surface area contributed by atoms with Gasteiger partial charge in [-0.1, -0.05) is 0 Å². The van der Waals surface area contributed by atoms with Gasteiger partial charge >= 0.3 is 31.1 Å². The number of nitrogens with zero attached hydrogens (tertiary/aromatic N) is 1. The van der Waals surface area contributed by atoms with Crippen LogP contribution >= 0.6 is 0 Å². The molecule has 3 nitrogen and oxygen atoms in total. The fraction of sp³-hybridized carbons (Fsp3) is 0.500. The van der Waals surface area contributed by atoms with Crippen LogP contribution < -0.4 is 5.32 Å². The molecule has 2 N–H and O–H groups in total. The minimum atomic E-state index is 0. The molecule has 8 heavy (non-hydrogen) atoms. The number of hydrogen-bond donors (Lipinski definition) is 1. The molecule has 0 bridgehead atoms. The molecule has 0 aliphatic carbocycles. The molecule has 0 aromatic heterocycles. The summed E-state index contributed by atoms with van der Waals surface area (Å²) < 4.78 is 0. The van der Waals surface area contributed by atoms with Crippen molar-refractivity contribution in [1.29, 1.82) is 0 Å². The maximum absolute atomic E-state index is 6.77. The van der Waals surface area contributed by atoms with E-state index in [1.165, 1.54) is 0 Å². The van der Waals surface area contributed by atoms with E-state index in [1.807, 2.05) is 0 Å². The number of nitrogens with one attached hydrogen (secondary N) is 2. The molecule has 0 saturated heterocycles. The molecule has 0 radical (unpaired) electrons. The molecular weight excluding hydrogens is 328 g/mol. The molecule has 0 aromatic carbocycles. The van der Waals surface area contributed by atoms with Gasteiger partial charge in [0, 0.05) is 5.96 Å². The Morgan fingerprint density at radius 3 is 2.38 bits per heavy atom. The molecule has 1 heterocycles. The van der Waals surface area contributed by atoms with Gasteiger partial charge in [0.05, 0.1) is 0 Å². The normalized spacial score (nSPS) is 14.8. The van der Waals surface area contributed by atoms with E-state index >= 15 is 0 Å². The Morgan fingerprint density at radius 1 is 1.62 bits per heavy atom. The van der Waals surface area contributed by atoms with E-state index < -0.39 is 0 Å². The minimum Gasteiger partial charge on any atom is -0.440 e. The number of rotatable bonds is 0. The van der Waals surface area contributed by atoms with E-state index in [2.05, 4.69) is 10.3 Å². The second-order valence-electron chi connectivity index (χ2n) is 1.16. The minimum absolute atomic E-state index is 0. The second-order valence-corrected chi connectivity index (χ2v) is 1.16. The summed E-state index contributed by atoms with van der Waals surface area (Å²) in [5.41, 5.74) is 6.77. The zero-order chi connectivity index (χ0) is 4.41. The number of aliphatic imine (C=N–C) groups is 1. The van der Waals surface area contributed by atoms with Gasteiger partial charge in [0.2, 0.25) is 0 Å². The van der Waals surface area contributed by atoms with Gasteiger partial charge in [0.25, 0.3) is 0 Å². The average molecular weight is 337 g/mol. The van der Waals surface area contributed by atoms with E-state index in [4.69, 9.17) is 5.73 Å². The first-order chi connectivity index (χ1) is 2.89. The summed E-state index contributed by atoms with van der Waals surface area (Å²) in [7, 11) is 0. The predicted octanol–water partition coefficient (Wildman–Crippen LogP) is 0.448. The molecule has 4 heteroatoms. The predicted molar refractivity (Wildman–Crippen MR) is 31.0 cm³/mol. The van der Waals surface area contributed by atoms with Crippen LogP contribution in [0.5, 0.6) is 0 Å². The van der Waals surface area contributed by atoms with Crippen molar-refractivity contribution in [3.63, 3.8) is 0 Å². The maximum Gasteiger partial charge on any atom is 2.00 e. The molecule has 0 saturated carbocycles. The van der Waals surface area contributed by atoms with E-state index in [1.54, 1.807) is 0 Å². The molecule has 0 unspecified atom stereocenters. The van der Waals surface area contributed by atoms with Crippen LogP contribution in [0.3, 0.4) is 0 Å². The van der Waals surface area contributed by atoms with Gasteiger partial charge in [0.15, 0.2) is 0 Å². The summed E-state index contributed by atoms with van der Waals surface area (Å²) in [4.78, 5) is 3.71. The average Bonchev–Trinajstić information content (AvgIpc) is 1.86. The SMILES string of the molecule is [CH3-].[NH-]C1=NCCN1.[U+2]. The van der Waals surface area contributed by atoms with Gasteiger partial charge in [-0.15, -0.1) is 0 Å². The van der Waals surface area contributed by atoms with Crippen molar-refractivity contribution in [2.45, 2.75) is 0 Å². The van der Waals surface area contributed by atoms with E-state index in [9.17, 15) is 0 Å². The molecule has 0 fully saturated rings. The van der Waals surface area contributed by atoms with Crippen molar-refractivity contribution < 1.29 is 31.1 Å². The zero-order valence-corrected chi connectivity index (χ0v) is 9.03. The fourth-order valence-corrected chi connectivity index (χ4v) is 0.398. The van der Waals surface area contributed by atoms with Crippen LogP contribution in [0.15, 0.2) is 4.99 Å². The summed E-state index contributed by atoms with van der Waals surface area (Å²) in [5.74, 6) is 0.329. The fourth-order valence-electron chi connectivity index (χ4n) is 0.398. The van der Waals surface area contributed by atoms with Crippen molar-refractivity contribution >= 4 is 5.96 Å². The first kappa shape index (κ1) is 11.2. The third-order valence-electron chi connectivity index (χ3n) is 0.674. The number of hydrogen-bond acceptors (Lipinski definition) is 2. The van der Waals surface area contributed by atoms with Crippen LogP contribution in [0.2, 0.25) is 0 Å². The van der Waals surface area contributed by atoms with Crippen LogP contribution in [0.25, 0.3) is 5.73 Å². The standard InChI is InChI=1S/C3H6N3.CH3.U/c4-3-5-1-2-6-3;;/h1-2H2,(H2-,4,5,6);1H3;/q2*-1;+2. The first-order valence-corrected chi connectivity index (χ1v) is 1.89. The Labute approximate surface area is 73.5 Å². The monoisotopic (exact) mass is 337 g/mol. The summed E-state index contributed by atoms with van der Waals surface area (Å²) in [6.07, 6.45) is 0. The van der Waals surface area contributed by atoms with Gasteiger partial charge < -0.3 is 23.5 Å². The zero-order valence-electron chi connectivity index (χ0n) is 4.86. The van der Waals surface area contributed by atoms with Gasteiger partial charge in [-0.25, -0.2) is 0 Å². The van der Waals surface area contributed by atoms with Crippen molar-refractivity contribution in [3.05, 3.63) is 13.2 Å². The molecule has 0 amide bonds. The molecular formula is C4H9N3U. The van der Waals surface area contributed by atoms with E-state index in [-0.39, 0.29) is 38.5 Å².